The Balaban J connectivity index is 2.03. The summed E-state index contributed by atoms with van der Waals surface area (Å²) in [7, 11) is 1.94. The average Bonchev–Trinajstić information content (AvgIpc) is 2.77. The van der Waals surface area contributed by atoms with Crippen molar-refractivity contribution >= 4 is 11.6 Å². The summed E-state index contributed by atoms with van der Waals surface area (Å²) in [6.07, 6.45) is 0.940. The zero-order chi connectivity index (χ0) is 13.0. The number of ether oxygens (including phenoxy) is 1. The summed E-state index contributed by atoms with van der Waals surface area (Å²) < 4.78 is 7.62. The van der Waals surface area contributed by atoms with Crippen LogP contribution in [0.1, 0.15) is 23.9 Å². The number of rotatable bonds is 5. The number of nitrogens with zero attached hydrogens (tertiary/aromatic N) is 2. The van der Waals surface area contributed by atoms with Crippen molar-refractivity contribution in [1.29, 1.82) is 0 Å². The van der Waals surface area contributed by atoms with Gasteiger partial charge < -0.3 is 4.74 Å². The predicted octanol–water partition coefficient (Wildman–Crippen LogP) is 3.30. The number of benzene rings is 1. The van der Waals surface area contributed by atoms with Crippen molar-refractivity contribution < 1.29 is 4.74 Å². The van der Waals surface area contributed by atoms with Crippen LogP contribution >= 0.6 is 11.6 Å². The van der Waals surface area contributed by atoms with Crippen LogP contribution in [0.25, 0.3) is 0 Å². The Kier molecular flexibility index (Phi) is 4.26. The SMILES string of the molecule is CCc1cc(COc2cccc(CCl)c2)n(C)n1. The molecule has 1 aromatic carbocycles. The van der Waals surface area contributed by atoms with Crippen molar-refractivity contribution in [2.75, 3.05) is 0 Å². The number of hydrogen-bond acceptors (Lipinski definition) is 2. The molecule has 0 bridgehead atoms. The van der Waals surface area contributed by atoms with Crippen LogP contribution in [0, 0.1) is 0 Å². The van der Waals surface area contributed by atoms with Crippen LogP contribution in [-0.2, 0) is 26.0 Å². The second-order valence-corrected chi connectivity index (χ2v) is 4.44. The molecule has 0 aliphatic rings. The number of hydrogen-bond donors (Lipinski definition) is 0. The Labute approximate surface area is 112 Å². The van der Waals surface area contributed by atoms with E-state index in [4.69, 9.17) is 16.3 Å². The highest BCUT2D eigenvalue weighted by Crippen LogP contribution is 2.16. The van der Waals surface area contributed by atoms with Gasteiger partial charge in [0.1, 0.15) is 12.4 Å². The topological polar surface area (TPSA) is 27.1 Å². The third-order valence-electron chi connectivity index (χ3n) is 2.83. The molecule has 0 aliphatic carbocycles. The lowest BCUT2D eigenvalue weighted by atomic mass is 10.2. The highest BCUT2D eigenvalue weighted by Gasteiger charge is 2.04. The highest BCUT2D eigenvalue weighted by molar-refractivity contribution is 6.17. The van der Waals surface area contributed by atoms with Gasteiger partial charge in [0, 0.05) is 12.9 Å². The van der Waals surface area contributed by atoms with Crippen LogP contribution < -0.4 is 4.74 Å². The molecule has 0 fully saturated rings. The summed E-state index contributed by atoms with van der Waals surface area (Å²) in [5, 5.41) is 4.39. The van der Waals surface area contributed by atoms with E-state index in [1.54, 1.807) is 0 Å². The minimum Gasteiger partial charge on any atom is -0.487 e. The third kappa shape index (κ3) is 3.05. The van der Waals surface area contributed by atoms with Gasteiger partial charge in [0.05, 0.1) is 11.4 Å². The second kappa shape index (κ2) is 5.91. The number of halogens is 1. The molecule has 0 amide bonds. The van der Waals surface area contributed by atoms with E-state index in [0.29, 0.717) is 12.5 Å². The van der Waals surface area contributed by atoms with E-state index in [2.05, 4.69) is 18.1 Å². The van der Waals surface area contributed by atoms with Gasteiger partial charge in [-0.1, -0.05) is 19.1 Å². The van der Waals surface area contributed by atoms with Gasteiger partial charge in [-0.2, -0.15) is 5.10 Å². The molecule has 0 aliphatic heterocycles. The van der Waals surface area contributed by atoms with Crippen LogP contribution in [0.4, 0.5) is 0 Å². The largest absolute Gasteiger partial charge is 0.487 e. The molecule has 0 saturated heterocycles. The van der Waals surface area contributed by atoms with E-state index in [1.807, 2.05) is 36.0 Å². The van der Waals surface area contributed by atoms with Gasteiger partial charge in [-0.25, -0.2) is 0 Å². The summed E-state index contributed by atoms with van der Waals surface area (Å²) in [6.45, 7) is 2.62. The molecular formula is C14H17ClN2O. The van der Waals surface area contributed by atoms with Gasteiger partial charge >= 0.3 is 0 Å². The minimum atomic E-state index is 0.503. The number of aromatic nitrogens is 2. The monoisotopic (exact) mass is 264 g/mol. The van der Waals surface area contributed by atoms with E-state index >= 15 is 0 Å². The average molecular weight is 265 g/mol. The lowest BCUT2D eigenvalue weighted by Gasteiger charge is -2.07. The first-order valence-corrected chi connectivity index (χ1v) is 6.56. The summed E-state index contributed by atoms with van der Waals surface area (Å²) >= 11 is 5.79. The van der Waals surface area contributed by atoms with E-state index < -0.39 is 0 Å². The molecule has 1 aromatic heterocycles. The first-order valence-electron chi connectivity index (χ1n) is 6.02. The molecule has 18 heavy (non-hydrogen) atoms. The normalized spacial score (nSPS) is 10.6. The molecule has 2 rings (SSSR count). The molecule has 4 heteroatoms. The third-order valence-corrected chi connectivity index (χ3v) is 3.14. The summed E-state index contributed by atoms with van der Waals surface area (Å²) in [5.41, 5.74) is 3.22. The van der Waals surface area contributed by atoms with Gasteiger partial charge in [0.25, 0.3) is 0 Å². The Hall–Kier alpha value is -1.48. The molecule has 0 spiro atoms. The fraction of sp³-hybridized carbons (Fsp3) is 0.357. The quantitative estimate of drug-likeness (QED) is 0.775. The van der Waals surface area contributed by atoms with E-state index in [9.17, 15) is 0 Å². The lowest BCUT2D eigenvalue weighted by molar-refractivity contribution is 0.294. The van der Waals surface area contributed by atoms with Crippen LogP contribution in [0.5, 0.6) is 5.75 Å². The number of alkyl halides is 1. The summed E-state index contributed by atoms with van der Waals surface area (Å²) in [6, 6.07) is 9.91. The molecule has 2 aromatic rings. The first kappa shape index (κ1) is 13.0. The Bertz CT molecular complexity index is 522. The van der Waals surface area contributed by atoms with Crippen molar-refractivity contribution in [3.05, 3.63) is 47.3 Å². The van der Waals surface area contributed by atoms with Crippen molar-refractivity contribution in [1.82, 2.24) is 9.78 Å². The van der Waals surface area contributed by atoms with Gasteiger partial charge in [0.2, 0.25) is 0 Å². The Morgan fingerprint density at radius 2 is 2.17 bits per heavy atom. The molecule has 3 nitrogen and oxygen atoms in total. The van der Waals surface area contributed by atoms with Crippen LogP contribution in [0.15, 0.2) is 30.3 Å². The molecule has 0 unspecified atom stereocenters. The molecule has 0 atom stereocenters. The van der Waals surface area contributed by atoms with Crippen LogP contribution in [-0.4, -0.2) is 9.78 Å². The van der Waals surface area contributed by atoms with E-state index in [-0.39, 0.29) is 0 Å². The summed E-state index contributed by atoms with van der Waals surface area (Å²) in [4.78, 5) is 0. The van der Waals surface area contributed by atoms with E-state index in [1.165, 1.54) is 0 Å². The molecular weight excluding hydrogens is 248 g/mol. The van der Waals surface area contributed by atoms with Crippen molar-refractivity contribution in [3.8, 4) is 5.75 Å². The van der Waals surface area contributed by atoms with Crippen LogP contribution in [0.3, 0.4) is 0 Å². The smallest absolute Gasteiger partial charge is 0.130 e. The van der Waals surface area contributed by atoms with Crippen molar-refractivity contribution in [2.45, 2.75) is 25.8 Å². The van der Waals surface area contributed by atoms with Gasteiger partial charge in [-0.05, 0) is 30.2 Å². The first-order chi connectivity index (χ1) is 8.72. The molecule has 0 radical (unpaired) electrons. The summed E-state index contributed by atoms with van der Waals surface area (Å²) in [5.74, 6) is 1.34. The van der Waals surface area contributed by atoms with Gasteiger partial charge in [-0.15, -0.1) is 11.6 Å². The number of aryl methyl sites for hydroxylation is 2. The molecule has 96 valence electrons. The molecule has 0 N–H and O–H groups in total. The Morgan fingerprint density at radius 3 is 2.83 bits per heavy atom. The fourth-order valence-corrected chi connectivity index (χ4v) is 1.92. The standard InChI is InChI=1S/C14H17ClN2O/c1-3-12-8-13(17(2)16-12)10-18-14-6-4-5-11(7-14)9-15/h4-8H,3,9-10H2,1-2H3. The lowest BCUT2D eigenvalue weighted by Crippen LogP contribution is -2.03. The maximum Gasteiger partial charge on any atom is 0.130 e. The maximum atomic E-state index is 5.79. The van der Waals surface area contributed by atoms with E-state index in [0.717, 1.165) is 29.1 Å². The minimum absolute atomic E-state index is 0.503. The molecule has 0 saturated carbocycles. The second-order valence-electron chi connectivity index (χ2n) is 4.17. The fourth-order valence-electron chi connectivity index (χ4n) is 1.76. The van der Waals surface area contributed by atoms with Gasteiger partial charge in [-0.3, -0.25) is 4.68 Å². The Morgan fingerprint density at radius 1 is 1.33 bits per heavy atom. The maximum absolute atomic E-state index is 5.79. The highest BCUT2D eigenvalue weighted by atomic mass is 35.5. The molecule has 1 heterocycles. The van der Waals surface area contributed by atoms with Gasteiger partial charge in [0.15, 0.2) is 0 Å². The van der Waals surface area contributed by atoms with Crippen molar-refractivity contribution in [2.24, 2.45) is 7.05 Å². The zero-order valence-electron chi connectivity index (χ0n) is 10.7. The zero-order valence-corrected chi connectivity index (χ0v) is 11.4. The van der Waals surface area contributed by atoms with Crippen LogP contribution in [0.2, 0.25) is 0 Å². The van der Waals surface area contributed by atoms with Crippen molar-refractivity contribution in [3.63, 3.8) is 0 Å². The predicted molar refractivity (Wildman–Crippen MR) is 72.9 cm³/mol.